The van der Waals surface area contributed by atoms with Crippen LogP contribution in [-0.2, 0) is 14.3 Å². The van der Waals surface area contributed by atoms with E-state index in [-0.39, 0.29) is 34.0 Å². The van der Waals surface area contributed by atoms with Crippen molar-refractivity contribution in [3.8, 4) is 23.2 Å². The second kappa shape index (κ2) is 11.8. The van der Waals surface area contributed by atoms with E-state index in [2.05, 4.69) is 15.3 Å². The number of carbonyl (C=O) groups is 3. The molecule has 4 rings (SSSR count). The molecule has 2 heterocycles. The number of nitrogens with zero attached hydrogens (tertiary/aromatic N) is 2. The van der Waals surface area contributed by atoms with Crippen molar-refractivity contribution in [2.24, 2.45) is 0 Å². The largest absolute Gasteiger partial charge is 0.497 e. The van der Waals surface area contributed by atoms with Crippen molar-refractivity contribution in [1.82, 2.24) is 9.97 Å². The van der Waals surface area contributed by atoms with Crippen molar-refractivity contribution >= 4 is 45.2 Å². The van der Waals surface area contributed by atoms with E-state index in [1.54, 1.807) is 46.1 Å². The lowest BCUT2D eigenvalue weighted by molar-refractivity contribution is -0.124. The number of aromatic nitrogens is 2. The number of ether oxygens (including phenoxy) is 3. The summed E-state index contributed by atoms with van der Waals surface area (Å²) in [5.41, 5.74) is 2.97. The lowest BCUT2D eigenvalue weighted by Crippen LogP contribution is -2.32. The fraction of sp³-hybridized carbons (Fsp3) is 0.250. The molecule has 4 aromatic rings. The molecule has 0 aliphatic heterocycles. The zero-order valence-electron chi connectivity index (χ0n) is 21.8. The van der Waals surface area contributed by atoms with Gasteiger partial charge in [-0.15, -0.1) is 11.3 Å². The molecule has 0 saturated heterocycles. The van der Waals surface area contributed by atoms with Crippen LogP contribution in [0.5, 0.6) is 5.75 Å². The van der Waals surface area contributed by atoms with Gasteiger partial charge in [0.1, 0.15) is 27.5 Å². The third kappa shape index (κ3) is 5.76. The number of anilines is 1. The topological polar surface area (TPSA) is 143 Å². The van der Waals surface area contributed by atoms with E-state index in [1.807, 2.05) is 30.3 Å². The predicted octanol–water partition coefficient (Wildman–Crippen LogP) is 5.23. The fourth-order valence-corrected chi connectivity index (χ4v) is 4.92. The molecule has 1 unspecified atom stereocenters. The summed E-state index contributed by atoms with van der Waals surface area (Å²) >= 11 is 0.947. The van der Waals surface area contributed by atoms with E-state index in [0.717, 1.165) is 22.6 Å². The molecule has 0 bridgehead atoms. The molecule has 2 aromatic carbocycles. The number of amides is 1. The number of fused-ring (bicyclic) bond motifs is 1. The Kier molecular flexibility index (Phi) is 8.27. The molecule has 0 fully saturated rings. The van der Waals surface area contributed by atoms with E-state index in [0.29, 0.717) is 22.4 Å². The van der Waals surface area contributed by atoms with Gasteiger partial charge in [0.2, 0.25) is 0 Å². The van der Waals surface area contributed by atoms with Gasteiger partial charge in [0.05, 0.1) is 35.9 Å². The molecule has 2 N–H and O–H groups in total. The van der Waals surface area contributed by atoms with Gasteiger partial charge < -0.3 is 24.5 Å². The number of imidazole rings is 1. The predicted molar refractivity (Wildman–Crippen MR) is 146 cm³/mol. The number of carbonyl (C=O) groups excluding carboxylic acids is 3. The Morgan fingerprint density at radius 3 is 2.51 bits per heavy atom. The standard InChI is InChI=1S/C28H26N4O6S/c1-5-22(25(33)32-26-19(14-29)15(3)23(39-26)28(35)37-6-2)38-27(34)17-9-12-20-21(13-17)31-24(30-20)16-7-10-18(36-4)11-8-16/h7-13,22H,5-6H2,1-4H3,(H,30,31)(H,32,33). The van der Waals surface area contributed by atoms with Gasteiger partial charge in [0, 0.05) is 5.56 Å². The number of esters is 2. The van der Waals surface area contributed by atoms with Crippen LogP contribution in [0.25, 0.3) is 22.4 Å². The average molecular weight is 547 g/mol. The molecule has 2 aromatic heterocycles. The van der Waals surface area contributed by atoms with E-state index >= 15 is 0 Å². The first-order chi connectivity index (χ1) is 18.8. The highest BCUT2D eigenvalue weighted by atomic mass is 32.1. The molecular formula is C28H26N4O6S. The number of benzene rings is 2. The fourth-order valence-electron chi connectivity index (χ4n) is 3.86. The first kappa shape index (κ1) is 27.3. The summed E-state index contributed by atoms with van der Waals surface area (Å²) in [4.78, 5) is 46.1. The number of thiophene rings is 1. The molecule has 200 valence electrons. The monoisotopic (exact) mass is 546 g/mol. The van der Waals surface area contributed by atoms with Crippen LogP contribution in [0.2, 0.25) is 0 Å². The summed E-state index contributed by atoms with van der Waals surface area (Å²) in [5.74, 6) is -0.504. The Morgan fingerprint density at radius 1 is 1.13 bits per heavy atom. The van der Waals surface area contributed by atoms with Gasteiger partial charge in [-0.3, -0.25) is 4.79 Å². The zero-order chi connectivity index (χ0) is 28.1. The number of nitriles is 1. The molecule has 1 atom stereocenters. The van der Waals surface area contributed by atoms with Crippen molar-refractivity contribution in [1.29, 1.82) is 5.26 Å². The minimum Gasteiger partial charge on any atom is -0.497 e. The van der Waals surface area contributed by atoms with Crippen molar-refractivity contribution < 1.29 is 28.6 Å². The number of rotatable bonds is 9. The molecule has 0 aliphatic carbocycles. The van der Waals surface area contributed by atoms with E-state index in [4.69, 9.17) is 14.2 Å². The Morgan fingerprint density at radius 2 is 1.87 bits per heavy atom. The Labute approximate surface area is 228 Å². The van der Waals surface area contributed by atoms with Gasteiger partial charge in [-0.05, 0) is 68.3 Å². The normalized spacial score (nSPS) is 11.5. The van der Waals surface area contributed by atoms with Crippen LogP contribution in [0.3, 0.4) is 0 Å². The highest BCUT2D eigenvalue weighted by molar-refractivity contribution is 7.18. The Bertz CT molecular complexity index is 1580. The van der Waals surface area contributed by atoms with E-state index < -0.39 is 23.9 Å². The zero-order valence-corrected chi connectivity index (χ0v) is 22.6. The van der Waals surface area contributed by atoms with Crippen LogP contribution in [0.1, 0.15) is 51.4 Å². The second-order valence-electron chi connectivity index (χ2n) is 8.43. The van der Waals surface area contributed by atoms with Crippen LogP contribution in [0, 0.1) is 18.3 Å². The summed E-state index contributed by atoms with van der Waals surface area (Å²) in [7, 11) is 1.60. The number of H-pyrrole nitrogens is 1. The van der Waals surface area contributed by atoms with E-state index in [1.165, 1.54) is 0 Å². The maximum atomic E-state index is 13.0. The number of aromatic amines is 1. The van der Waals surface area contributed by atoms with Gasteiger partial charge in [-0.2, -0.15) is 5.26 Å². The molecule has 1 amide bonds. The first-order valence-corrected chi connectivity index (χ1v) is 13.0. The molecule has 10 nitrogen and oxygen atoms in total. The maximum absolute atomic E-state index is 13.0. The first-order valence-electron chi connectivity index (χ1n) is 12.2. The SMILES string of the molecule is CCOC(=O)c1sc(NC(=O)C(CC)OC(=O)c2ccc3nc(-c4ccc(OC)cc4)[nH]c3c2)c(C#N)c1C. The van der Waals surface area contributed by atoms with Crippen molar-refractivity contribution in [2.75, 3.05) is 19.0 Å². The molecule has 0 saturated carbocycles. The van der Waals surface area contributed by atoms with Gasteiger partial charge in [-0.25, -0.2) is 14.6 Å². The third-order valence-corrected chi connectivity index (χ3v) is 7.14. The van der Waals surface area contributed by atoms with Gasteiger partial charge in [0.25, 0.3) is 5.91 Å². The molecule has 0 aliphatic rings. The maximum Gasteiger partial charge on any atom is 0.348 e. The van der Waals surface area contributed by atoms with Gasteiger partial charge in [0.15, 0.2) is 6.10 Å². The third-order valence-electron chi connectivity index (χ3n) is 5.95. The van der Waals surface area contributed by atoms with E-state index in [9.17, 15) is 19.6 Å². The minimum atomic E-state index is -1.12. The van der Waals surface area contributed by atoms with Crippen LogP contribution in [0.15, 0.2) is 42.5 Å². The molecule has 0 spiro atoms. The summed E-state index contributed by atoms with van der Waals surface area (Å²) < 4.78 is 15.7. The van der Waals surface area contributed by atoms with Crippen molar-refractivity contribution in [3.63, 3.8) is 0 Å². The number of methoxy groups -OCH3 is 1. The lowest BCUT2D eigenvalue weighted by Gasteiger charge is -2.15. The highest BCUT2D eigenvalue weighted by Crippen LogP contribution is 2.33. The molecular weight excluding hydrogens is 520 g/mol. The summed E-state index contributed by atoms with van der Waals surface area (Å²) in [6.45, 7) is 5.17. The van der Waals surface area contributed by atoms with Crippen LogP contribution >= 0.6 is 11.3 Å². The van der Waals surface area contributed by atoms with Crippen LogP contribution < -0.4 is 10.1 Å². The molecule has 0 radical (unpaired) electrons. The Balaban J connectivity index is 1.49. The van der Waals surface area contributed by atoms with Gasteiger partial charge in [-0.1, -0.05) is 6.92 Å². The number of hydrogen-bond acceptors (Lipinski definition) is 9. The molecule has 11 heteroatoms. The van der Waals surface area contributed by atoms with Gasteiger partial charge >= 0.3 is 11.9 Å². The summed E-state index contributed by atoms with van der Waals surface area (Å²) in [5, 5.41) is 12.4. The second-order valence-corrected chi connectivity index (χ2v) is 9.45. The van der Waals surface area contributed by atoms with Crippen molar-refractivity contribution in [3.05, 3.63) is 64.0 Å². The number of nitrogens with one attached hydrogen (secondary N) is 2. The number of hydrogen-bond donors (Lipinski definition) is 2. The van der Waals surface area contributed by atoms with Crippen LogP contribution in [-0.4, -0.2) is 47.6 Å². The minimum absolute atomic E-state index is 0.162. The Hall–Kier alpha value is -4.69. The summed E-state index contributed by atoms with van der Waals surface area (Å²) in [6, 6.07) is 14.3. The summed E-state index contributed by atoms with van der Waals surface area (Å²) in [6.07, 6.45) is -0.924. The molecule has 39 heavy (non-hydrogen) atoms. The van der Waals surface area contributed by atoms with Crippen LogP contribution in [0.4, 0.5) is 5.00 Å². The van der Waals surface area contributed by atoms with Crippen molar-refractivity contribution in [2.45, 2.75) is 33.3 Å². The highest BCUT2D eigenvalue weighted by Gasteiger charge is 2.27. The lowest BCUT2D eigenvalue weighted by atomic mass is 10.1. The average Bonchev–Trinajstić information content (AvgIpc) is 3.51. The quantitative estimate of drug-likeness (QED) is 0.272. The smallest absolute Gasteiger partial charge is 0.348 e.